The number of hydrogen-bond donors (Lipinski definition) is 2. The summed E-state index contributed by atoms with van der Waals surface area (Å²) in [6, 6.07) is 5.02. The summed E-state index contributed by atoms with van der Waals surface area (Å²) in [4.78, 5) is 13.2. The third kappa shape index (κ3) is 2.87. The molecule has 5 nitrogen and oxygen atoms in total. The SMILES string of the molecule is NC[C@H]1CN(c2ccc(C3CCNCC3)c(F)c2)C(=O)O1. The van der Waals surface area contributed by atoms with E-state index < -0.39 is 6.09 Å². The Morgan fingerprint density at radius 3 is 2.76 bits per heavy atom. The molecule has 0 bridgehead atoms. The standard InChI is InChI=1S/C15H20FN3O2/c16-14-7-11(19-9-12(8-17)21-15(19)20)1-2-13(14)10-3-5-18-6-4-10/h1-2,7,10,12,18H,3-6,8-9,17H2/t12-/m0/s1. The average Bonchev–Trinajstić information content (AvgIpc) is 2.89. The van der Waals surface area contributed by atoms with Crippen LogP contribution in [0.1, 0.15) is 24.3 Å². The van der Waals surface area contributed by atoms with Crippen LogP contribution in [0, 0.1) is 5.82 Å². The van der Waals surface area contributed by atoms with Gasteiger partial charge in [0.15, 0.2) is 0 Å². The van der Waals surface area contributed by atoms with E-state index in [-0.39, 0.29) is 24.4 Å². The number of nitrogens with two attached hydrogens (primary N) is 1. The lowest BCUT2D eigenvalue weighted by atomic mass is 9.89. The molecule has 0 spiro atoms. The summed E-state index contributed by atoms with van der Waals surface area (Å²) >= 11 is 0. The molecule has 1 aromatic carbocycles. The number of rotatable bonds is 3. The van der Waals surface area contributed by atoms with Crippen molar-refractivity contribution in [1.82, 2.24) is 5.32 Å². The quantitative estimate of drug-likeness (QED) is 0.888. The zero-order valence-corrected chi connectivity index (χ0v) is 11.8. The topological polar surface area (TPSA) is 67.6 Å². The van der Waals surface area contributed by atoms with Crippen LogP contribution in [0.2, 0.25) is 0 Å². The van der Waals surface area contributed by atoms with Crippen molar-refractivity contribution in [2.75, 3.05) is 31.1 Å². The van der Waals surface area contributed by atoms with Crippen LogP contribution in [0.25, 0.3) is 0 Å². The number of benzene rings is 1. The molecule has 2 fully saturated rings. The molecule has 2 heterocycles. The van der Waals surface area contributed by atoms with E-state index in [2.05, 4.69) is 5.32 Å². The van der Waals surface area contributed by atoms with Crippen LogP contribution in [-0.4, -0.2) is 38.4 Å². The Hall–Kier alpha value is -1.66. The van der Waals surface area contributed by atoms with Crippen molar-refractivity contribution in [1.29, 1.82) is 0 Å². The van der Waals surface area contributed by atoms with E-state index in [0.29, 0.717) is 12.2 Å². The molecule has 6 heteroatoms. The molecular weight excluding hydrogens is 273 g/mol. The van der Waals surface area contributed by atoms with Crippen LogP contribution in [0.15, 0.2) is 18.2 Å². The molecule has 1 atom stereocenters. The maximum atomic E-state index is 14.4. The van der Waals surface area contributed by atoms with Crippen LogP contribution in [0.4, 0.5) is 14.9 Å². The number of nitrogens with one attached hydrogen (secondary N) is 1. The van der Waals surface area contributed by atoms with Gasteiger partial charge in [-0.3, -0.25) is 4.90 Å². The van der Waals surface area contributed by atoms with Crippen molar-refractivity contribution in [2.24, 2.45) is 5.73 Å². The van der Waals surface area contributed by atoms with Crippen molar-refractivity contribution in [3.8, 4) is 0 Å². The van der Waals surface area contributed by atoms with E-state index in [1.165, 1.54) is 11.0 Å². The maximum absolute atomic E-state index is 14.4. The van der Waals surface area contributed by atoms with Crippen molar-refractivity contribution >= 4 is 11.8 Å². The highest BCUT2D eigenvalue weighted by Gasteiger charge is 2.32. The smallest absolute Gasteiger partial charge is 0.414 e. The van der Waals surface area contributed by atoms with E-state index in [1.807, 2.05) is 0 Å². The fourth-order valence-electron chi connectivity index (χ4n) is 3.00. The Labute approximate surface area is 123 Å². The molecule has 2 saturated heterocycles. The average molecular weight is 293 g/mol. The lowest BCUT2D eigenvalue weighted by molar-refractivity contribution is 0.145. The van der Waals surface area contributed by atoms with Crippen LogP contribution < -0.4 is 16.0 Å². The Bertz CT molecular complexity index is 532. The second kappa shape index (κ2) is 5.99. The van der Waals surface area contributed by atoms with Gasteiger partial charge in [-0.15, -0.1) is 0 Å². The van der Waals surface area contributed by atoms with Gasteiger partial charge in [0.2, 0.25) is 0 Å². The summed E-state index contributed by atoms with van der Waals surface area (Å²) in [5, 5.41) is 3.27. The second-order valence-electron chi connectivity index (χ2n) is 5.58. The minimum atomic E-state index is -0.459. The highest BCUT2D eigenvalue weighted by Crippen LogP contribution is 2.31. The normalized spacial score (nSPS) is 23.4. The predicted octanol–water partition coefficient (Wildman–Crippen LogP) is 1.58. The maximum Gasteiger partial charge on any atom is 0.414 e. The summed E-state index contributed by atoms with van der Waals surface area (Å²) in [7, 11) is 0. The Morgan fingerprint density at radius 2 is 2.14 bits per heavy atom. The molecule has 0 aliphatic carbocycles. The van der Waals surface area contributed by atoms with Gasteiger partial charge in [-0.25, -0.2) is 9.18 Å². The molecule has 1 amide bonds. The summed E-state index contributed by atoms with van der Waals surface area (Å²) in [6.45, 7) is 2.49. The van der Waals surface area contributed by atoms with Crippen molar-refractivity contribution in [3.63, 3.8) is 0 Å². The van der Waals surface area contributed by atoms with Gasteiger partial charge in [-0.1, -0.05) is 6.07 Å². The van der Waals surface area contributed by atoms with E-state index in [9.17, 15) is 9.18 Å². The van der Waals surface area contributed by atoms with Gasteiger partial charge < -0.3 is 15.8 Å². The van der Waals surface area contributed by atoms with Gasteiger partial charge in [-0.05, 0) is 49.5 Å². The molecule has 0 saturated carbocycles. The van der Waals surface area contributed by atoms with Crippen molar-refractivity contribution in [3.05, 3.63) is 29.6 Å². The van der Waals surface area contributed by atoms with Crippen LogP contribution in [0.3, 0.4) is 0 Å². The van der Waals surface area contributed by atoms with Crippen molar-refractivity contribution < 1.29 is 13.9 Å². The molecule has 1 aromatic rings. The Morgan fingerprint density at radius 1 is 1.38 bits per heavy atom. The number of amides is 1. The molecule has 0 radical (unpaired) electrons. The molecule has 3 rings (SSSR count). The van der Waals surface area contributed by atoms with Gasteiger partial charge in [0.1, 0.15) is 11.9 Å². The lowest BCUT2D eigenvalue weighted by Crippen LogP contribution is -2.28. The largest absolute Gasteiger partial charge is 0.443 e. The zero-order valence-electron chi connectivity index (χ0n) is 11.8. The first-order chi connectivity index (χ1) is 10.2. The number of piperidine rings is 1. The number of carbonyl (C=O) groups is 1. The summed E-state index contributed by atoms with van der Waals surface area (Å²) < 4.78 is 19.5. The third-order valence-electron chi connectivity index (χ3n) is 4.21. The predicted molar refractivity (Wildman–Crippen MR) is 77.9 cm³/mol. The molecule has 2 aliphatic rings. The minimum absolute atomic E-state index is 0.247. The number of hydrogen-bond acceptors (Lipinski definition) is 4. The summed E-state index contributed by atoms with van der Waals surface area (Å²) in [5.41, 5.74) is 6.78. The number of nitrogens with zero attached hydrogens (tertiary/aromatic N) is 1. The molecular formula is C15H20FN3O2. The van der Waals surface area contributed by atoms with Crippen LogP contribution >= 0.6 is 0 Å². The van der Waals surface area contributed by atoms with Crippen molar-refractivity contribution in [2.45, 2.75) is 24.9 Å². The highest BCUT2D eigenvalue weighted by molar-refractivity contribution is 5.89. The van der Waals surface area contributed by atoms with E-state index >= 15 is 0 Å². The molecule has 2 aliphatic heterocycles. The number of ether oxygens (including phenoxy) is 1. The zero-order chi connectivity index (χ0) is 14.8. The Kier molecular flexibility index (Phi) is 4.07. The second-order valence-corrected chi connectivity index (χ2v) is 5.58. The van der Waals surface area contributed by atoms with Gasteiger partial charge in [-0.2, -0.15) is 0 Å². The lowest BCUT2D eigenvalue weighted by Gasteiger charge is -2.24. The molecule has 114 valence electrons. The first kappa shape index (κ1) is 14.3. The first-order valence-corrected chi connectivity index (χ1v) is 7.37. The third-order valence-corrected chi connectivity index (χ3v) is 4.21. The Balaban J connectivity index is 1.79. The van der Waals surface area contributed by atoms with Crippen LogP contribution in [-0.2, 0) is 4.74 Å². The molecule has 21 heavy (non-hydrogen) atoms. The van der Waals surface area contributed by atoms with Crippen LogP contribution in [0.5, 0.6) is 0 Å². The fourth-order valence-corrected chi connectivity index (χ4v) is 3.00. The number of carbonyl (C=O) groups excluding carboxylic acids is 1. The molecule has 0 unspecified atom stereocenters. The monoisotopic (exact) mass is 293 g/mol. The fraction of sp³-hybridized carbons (Fsp3) is 0.533. The van der Waals surface area contributed by atoms with Gasteiger partial charge in [0, 0.05) is 6.54 Å². The minimum Gasteiger partial charge on any atom is -0.443 e. The summed E-state index contributed by atoms with van der Waals surface area (Å²) in [5.74, 6) is 0.00557. The van der Waals surface area contributed by atoms with Gasteiger partial charge in [0.05, 0.1) is 12.2 Å². The molecule has 0 aromatic heterocycles. The van der Waals surface area contributed by atoms with E-state index in [0.717, 1.165) is 31.5 Å². The van der Waals surface area contributed by atoms with E-state index in [1.54, 1.807) is 12.1 Å². The first-order valence-electron chi connectivity index (χ1n) is 7.37. The summed E-state index contributed by atoms with van der Waals surface area (Å²) in [6.07, 6.45) is 1.11. The van der Waals surface area contributed by atoms with Gasteiger partial charge >= 0.3 is 6.09 Å². The molecule has 3 N–H and O–H groups in total. The number of halogens is 1. The highest BCUT2D eigenvalue weighted by atomic mass is 19.1. The number of anilines is 1. The number of cyclic esters (lactones) is 1. The van der Waals surface area contributed by atoms with E-state index in [4.69, 9.17) is 10.5 Å². The van der Waals surface area contributed by atoms with Gasteiger partial charge in [0.25, 0.3) is 0 Å².